The Hall–Kier alpha value is -0.830. The highest BCUT2D eigenvalue weighted by molar-refractivity contribution is 14.0. The minimum absolute atomic E-state index is 0. The summed E-state index contributed by atoms with van der Waals surface area (Å²) in [6.45, 7) is 3.24. The quantitative estimate of drug-likeness (QED) is 0.322. The van der Waals surface area contributed by atoms with E-state index >= 15 is 0 Å². The van der Waals surface area contributed by atoms with E-state index < -0.39 is 0 Å². The highest BCUT2D eigenvalue weighted by Gasteiger charge is 1.96. The minimum Gasteiger partial charge on any atom is -0.385 e. The molecule has 1 aromatic heterocycles. The monoisotopic (exact) mass is 367 g/mol. The van der Waals surface area contributed by atoms with E-state index in [1.54, 1.807) is 20.4 Å². The molecule has 7 heteroatoms. The predicted octanol–water partition coefficient (Wildman–Crippen LogP) is 0.703. The smallest absolute Gasteiger partial charge is 0.191 e. The van der Waals surface area contributed by atoms with Crippen LogP contribution in [-0.2, 0) is 11.3 Å². The van der Waals surface area contributed by atoms with Crippen molar-refractivity contribution in [2.75, 3.05) is 33.9 Å². The lowest BCUT2D eigenvalue weighted by atomic mass is 10.4. The third kappa shape index (κ3) is 7.49. The first-order valence-electron chi connectivity index (χ1n) is 5.77. The molecular formula is C11H22IN5O. The molecule has 0 amide bonds. The molecule has 1 aromatic rings. The predicted molar refractivity (Wildman–Crippen MR) is 83.5 cm³/mol. The van der Waals surface area contributed by atoms with Crippen LogP contribution in [-0.4, -0.2) is 49.6 Å². The van der Waals surface area contributed by atoms with E-state index in [0.29, 0.717) is 0 Å². The molecule has 1 heterocycles. The summed E-state index contributed by atoms with van der Waals surface area (Å²) in [5.41, 5.74) is 0. The molecule has 1 rings (SSSR count). The first-order chi connectivity index (χ1) is 8.36. The van der Waals surface area contributed by atoms with Crippen molar-refractivity contribution in [2.24, 2.45) is 4.99 Å². The molecule has 0 aliphatic carbocycles. The summed E-state index contributed by atoms with van der Waals surface area (Å²) in [7, 11) is 3.47. The van der Waals surface area contributed by atoms with Crippen LogP contribution in [0, 0.1) is 0 Å². The van der Waals surface area contributed by atoms with Crippen molar-refractivity contribution >= 4 is 29.9 Å². The topological polar surface area (TPSA) is 63.5 Å². The molecule has 0 fully saturated rings. The fraction of sp³-hybridized carbons (Fsp3) is 0.636. The first-order valence-corrected chi connectivity index (χ1v) is 5.77. The highest BCUT2D eigenvalue weighted by Crippen LogP contribution is 1.83. The van der Waals surface area contributed by atoms with Gasteiger partial charge in [0, 0.05) is 46.2 Å². The van der Waals surface area contributed by atoms with Gasteiger partial charge in [0.1, 0.15) is 0 Å². The van der Waals surface area contributed by atoms with Crippen LogP contribution in [0.1, 0.15) is 6.42 Å². The standard InChI is InChI=1S/C11H21N5O.HI/c1-12-11(13-5-4-10-17-2)14-7-9-16-8-3-6-15-16;/h3,6,8H,4-5,7,9-10H2,1-2H3,(H2,12,13,14);1H. The van der Waals surface area contributed by atoms with Gasteiger partial charge in [-0.1, -0.05) is 0 Å². The lowest BCUT2D eigenvalue weighted by molar-refractivity contribution is 0.195. The van der Waals surface area contributed by atoms with Crippen LogP contribution >= 0.6 is 24.0 Å². The number of nitrogens with one attached hydrogen (secondary N) is 2. The third-order valence-corrected chi connectivity index (χ3v) is 2.23. The van der Waals surface area contributed by atoms with Crippen molar-refractivity contribution in [1.29, 1.82) is 0 Å². The molecule has 104 valence electrons. The van der Waals surface area contributed by atoms with Gasteiger partial charge in [-0.2, -0.15) is 5.10 Å². The molecule has 18 heavy (non-hydrogen) atoms. The van der Waals surface area contributed by atoms with Crippen molar-refractivity contribution < 1.29 is 4.74 Å². The molecule has 0 atom stereocenters. The van der Waals surface area contributed by atoms with Crippen LogP contribution in [0.4, 0.5) is 0 Å². The van der Waals surface area contributed by atoms with Gasteiger partial charge in [-0.3, -0.25) is 9.67 Å². The number of rotatable bonds is 7. The highest BCUT2D eigenvalue weighted by atomic mass is 127. The lowest BCUT2D eigenvalue weighted by Crippen LogP contribution is -2.39. The number of halogens is 1. The Morgan fingerprint density at radius 1 is 1.39 bits per heavy atom. The molecule has 0 unspecified atom stereocenters. The fourth-order valence-corrected chi connectivity index (χ4v) is 1.37. The normalized spacial score (nSPS) is 10.9. The summed E-state index contributed by atoms with van der Waals surface area (Å²) in [5.74, 6) is 0.813. The first kappa shape index (κ1) is 17.2. The molecule has 0 aliphatic heterocycles. The lowest BCUT2D eigenvalue weighted by Gasteiger charge is -2.11. The zero-order chi connectivity index (χ0) is 12.3. The largest absolute Gasteiger partial charge is 0.385 e. The zero-order valence-corrected chi connectivity index (χ0v) is 13.3. The third-order valence-electron chi connectivity index (χ3n) is 2.23. The van der Waals surface area contributed by atoms with Crippen LogP contribution in [0.2, 0.25) is 0 Å². The van der Waals surface area contributed by atoms with Gasteiger partial charge in [-0.05, 0) is 12.5 Å². The Morgan fingerprint density at radius 3 is 2.78 bits per heavy atom. The number of nitrogens with zero attached hydrogens (tertiary/aromatic N) is 3. The average Bonchev–Trinajstić information content (AvgIpc) is 2.85. The van der Waals surface area contributed by atoms with Crippen molar-refractivity contribution in [1.82, 2.24) is 20.4 Å². The molecule has 0 radical (unpaired) electrons. The van der Waals surface area contributed by atoms with E-state index in [0.717, 1.165) is 38.6 Å². The van der Waals surface area contributed by atoms with Gasteiger partial charge in [-0.25, -0.2) is 0 Å². The van der Waals surface area contributed by atoms with Crippen LogP contribution in [0.5, 0.6) is 0 Å². The summed E-state index contributed by atoms with van der Waals surface area (Å²) >= 11 is 0. The van der Waals surface area contributed by atoms with Crippen LogP contribution in [0.15, 0.2) is 23.5 Å². The molecule has 2 N–H and O–H groups in total. The second kappa shape index (κ2) is 11.3. The number of aliphatic imine (C=N–C) groups is 1. The number of methoxy groups -OCH3 is 1. The number of hydrogen-bond acceptors (Lipinski definition) is 3. The van der Waals surface area contributed by atoms with E-state index in [9.17, 15) is 0 Å². The molecule has 0 bridgehead atoms. The summed E-state index contributed by atoms with van der Waals surface area (Å²) in [4.78, 5) is 4.13. The van der Waals surface area contributed by atoms with E-state index in [1.165, 1.54) is 0 Å². The number of aromatic nitrogens is 2. The fourth-order valence-electron chi connectivity index (χ4n) is 1.37. The molecule has 0 aliphatic rings. The summed E-state index contributed by atoms with van der Waals surface area (Å²) in [5, 5.41) is 10.6. The zero-order valence-electron chi connectivity index (χ0n) is 10.9. The second-order valence-corrected chi connectivity index (χ2v) is 3.54. The molecular weight excluding hydrogens is 345 g/mol. The Labute approximate surface area is 125 Å². The van der Waals surface area contributed by atoms with E-state index in [1.807, 2.05) is 16.9 Å². The van der Waals surface area contributed by atoms with Crippen LogP contribution < -0.4 is 10.6 Å². The summed E-state index contributed by atoms with van der Waals surface area (Å²) < 4.78 is 6.86. The van der Waals surface area contributed by atoms with Crippen LogP contribution in [0.3, 0.4) is 0 Å². The van der Waals surface area contributed by atoms with Crippen molar-refractivity contribution in [3.8, 4) is 0 Å². The van der Waals surface area contributed by atoms with Crippen LogP contribution in [0.25, 0.3) is 0 Å². The maximum absolute atomic E-state index is 4.98. The maximum atomic E-state index is 4.98. The van der Waals surface area contributed by atoms with E-state index in [4.69, 9.17) is 4.74 Å². The van der Waals surface area contributed by atoms with Crippen molar-refractivity contribution in [3.63, 3.8) is 0 Å². The number of hydrogen-bond donors (Lipinski definition) is 2. The SMILES string of the molecule is CN=C(NCCCOC)NCCn1cccn1.I. The van der Waals surface area contributed by atoms with E-state index in [2.05, 4.69) is 20.7 Å². The van der Waals surface area contributed by atoms with Gasteiger partial charge in [0.05, 0.1) is 6.54 Å². The molecule has 0 spiro atoms. The molecule has 6 nitrogen and oxygen atoms in total. The second-order valence-electron chi connectivity index (χ2n) is 3.54. The van der Waals surface area contributed by atoms with Gasteiger partial charge in [-0.15, -0.1) is 24.0 Å². The maximum Gasteiger partial charge on any atom is 0.191 e. The number of ether oxygens (including phenoxy) is 1. The van der Waals surface area contributed by atoms with Crippen molar-refractivity contribution in [3.05, 3.63) is 18.5 Å². The molecule has 0 saturated carbocycles. The van der Waals surface area contributed by atoms with Crippen molar-refractivity contribution in [2.45, 2.75) is 13.0 Å². The van der Waals surface area contributed by atoms with Gasteiger partial charge in [0.15, 0.2) is 5.96 Å². The van der Waals surface area contributed by atoms with E-state index in [-0.39, 0.29) is 24.0 Å². The molecule has 0 aromatic carbocycles. The van der Waals surface area contributed by atoms with Gasteiger partial charge >= 0.3 is 0 Å². The van der Waals surface area contributed by atoms with Gasteiger partial charge in [0.25, 0.3) is 0 Å². The minimum atomic E-state index is 0. The Kier molecular flexibility index (Phi) is 10.8. The van der Waals surface area contributed by atoms with Gasteiger partial charge < -0.3 is 15.4 Å². The Morgan fingerprint density at radius 2 is 2.17 bits per heavy atom. The number of guanidine groups is 1. The Balaban J connectivity index is 0.00000289. The molecule has 0 saturated heterocycles. The summed E-state index contributed by atoms with van der Waals surface area (Å²) in [6, 6.07) is 1.91. The van der Waals surface area contributed by atoms with Gasteiger partial charge in [0.2, 0.25) is 0 Å². The Bertz CT molecular complexity index is 315. The average molecular weight is 367 g/mol. The summed E-state index contributed by atoms with van der Waals surface area (Å²) in [6.07, 6.45) is 4.69.